The Hall–Kier alpha value is -2.76. The molecule has 20 heavy (non-hydrogen) atoms. The Kier molecular flexibility index (Phi) is 4.05. The van der Waals surface area contributed by atoms with Crippen LogP contribution in [0, 0.1) is 10.1 Å². The number of ether oxygens (including phenoxy) is 1. The van der Waals surface area contributed by atoms with Crippen LogP contribution >= 0.6 is 11.6 Å². The zero-order chi connectivity index (χ0) is 14.5. The Labute approximate surface area is 118 Å². The van der Waals surface area contributed by atoms with E-state index in [2.05, 4.69) is 10.0 Å². The van der Waals surface area contributed by atoms with Gasteiger partial charge in [-0.05, 0) is 35.9 Å². The molecule has 0 unspecified atom stereocenters. The van der Waals surface area contributed by atoms with E-state index in [0.717, 1.165) is 6.07 Å². The monoisotopic (exact) mass is 290 g/mol. The van der Waals surface area contributed by atoms with Crippen LogP contribution in [0.2, 0.25) is 5.02 Å². The van der Waals surface area contributed by atoms with Crippen molar-refractivity contribution in [1.29, 1.82) is 0 Å². The van der Waals surface area contributed by atoms with Crippen molar-refractivity contribution in [2.75, 3.05) is 0 Å². The summed E-state index contributed by atoms with van der Waals surface area (Å²) in [5.74, 6) is 0.658. The molecule has 0 aliphatic rings. The van der Waals surface area contributed by atoms with Crippen LogP contribution in [0.5, 0.6) is 11.5 Å². The molecule has 0 spiro atoms. The molecule has 2 aromatic rings. The highest BCUT2D eigenvalue weighted by Gasteiger charge is 2.10. The molecule has 8 heteroatoms. The van der Waals surface area contributed by atoms with Gasteiger partial charge < -0.3 is 4.74 Å². The lowest BCUT2D eigenvalue weighted by Gasteiger charge is -2.06. The summed E-state index contributed by atoms with van der Waals surface area (Å²) in [5.41, 5.74) is 8.27. The summed E-state index contributed by atoms with van der Waals surface area (Å²) >= 11 is 5.75. The molecule has 0 bridgehead atoms. The molecule has 0 amide bonds. The highest BCUT2D eigenvalue weighted by atomic mass is 35.5. The van der Waals surface area contributed by atoms with Crippen molar-refractivity contribution >= 4 is 23.0 Å². The van der Waals surface area contributed by atoms with Gasteiger partial charge in [-0.25, -0.2) is 0 Å². The maximum absolute atomic E-state index is 10.8. The van der Waals surface area contributed by atoms with Gasteiger partial charge in [0.15, 0.2) is 0 Å². The molecule has 0 saturated carbocycles. The summed E-state index contributed by atoms with van der Waals surface area (Å²) in [6.45, 7) is 0. The number of nitro groups is 1. The third kappa shape index (κ3) is 3.38. The smallest absolute Gasteiger partial charge is 0.273 e. The number of hydrogen-bond donors (Lipinski definition) is 0. The zero-order valence-corrected chi connectivity index (χ0v) is 10.7. The second kappa shape index (κ2) is 5.92. The molecular weight excluding hydrogens is 284 g/mol. The first-order valence-electron chi connectivity index (χ1n) is 5.36. The van der Waals surface area contributed by atoms with E-state index < -0.39 is 4.92 Å². The van der Waals surface area contributed by atoms with Gasteiger partial charge in [0, 0.05) is 21.7 Å². The van der Waals surface area contributed by atoms with Gasteiger partial charge >= 0.3 is 0 Å². The lowest BCUT2D eigenvalue weighted by Crippen LogP contribution is -1.90. The van der Waals surface area contributed by atoms with Crippen molar-refractivity contribution in [1.82, 2.24) is 0 Å². The molecular formula is C12H7ClN4O3. The molecule has 7 nitrogen and oxygen atoms in total. The average molecular weight is 291 g/mol. The first-order chi connectivity index (χ1) is 9.58. The maximum Gasteiger partial charge on any atom is 0.273 e. The summed E-state index contributed by atoms with van der Waals surface area (Å²) in [6.07, 6.45) is 0. The quantitative estimate of drug-likeness (QED) is 0.261. The number of azide groups is 1. The van der Waals surface area contributed by atoms with Crippen LogP contribution in [0.15, 0.2) is 47.6 Å². The lowest BCUT2D eigenvalue weighted by molar-refractivity contribution is -0.384. The van der Waals surface area contributed by atoms with Crippen molar-refractivity contribution in [3.05, 3.63) is 68.0 Å². The van der Waals surface area contributed by atoms with Crippen LogP contribution in [-0.2, 0) is 0 Å². The Morgan fingerprint density at radius 2 is 1.90 bits per heavy atom. The second-order valence-corrected chi connectivity index (χ2v) is 4.12. The second-order valence-electron chi connectivity index (χ2n) is 3.69. The van der Waals surface area contributed by atoms with Gasteiger partial charge in [-0.3, -0.25) is 10.1 Å². The van der Waals surface area contributed by atoms with Gasteiger partial charge in [0.05, 0.1) is 11.0 Å². The van der Waals surface area contributed by atoms with Gasteiger partial charge in [0.1, 0.15) is 11.5 Å². The van der Waals surface area contributed by atoms with E-state index in [1.54, 1.807) is 24.3 Å². The van der Waals surface area contributed by atoms with E-state index in [4.69, 9.17) is 21.9 Å². The van der Waals surface area contributed by atoms with Gasteiger partial charge in [-0.2, -0.15) is 0 Å². The van der Waals surface area contributed by atoms with Crippen molar-refractivity contribution in [2.24, 2.45) is 5.11 Å². The Morgan fingerprint density at radius 1 is 1.20 bits per heavy atom. The molecule has 0 atom stereocenters. The first kappa shape index (κ1) is 13.7. The fourth-order valence-electron chi connectivity index (χ4n) is 1.48. The first-order valence-corrected chi connectivity index (χ1v) is 5.74. The molecule has 2 rings (SSSR count). The van der Waals surface area contributed by atoms with Crippen molar-refractivity contribution in [2.45, 2.75) is 0 Å². The number of nitro benzene ring substituents is 1. The number of benzene rings is 2. The molecule has 0 saturated heterocycles. The number of rotatable bonds is 4. The van der Waals surface area contributed by atoms with Crippen molar-refractivity contribution in [3.63, 3.8) is 0 Å². The van der Waals surface area contributed by atoms with E-state index in [0.29, 0.717) is 10.8 Å². The predicted octanol–water partition coefficient (Wildman–Crippen LogP) is 4.98. The van der Waals surface area contributed by atoms with Crippen LogP contribution in [0.3, 0.4) is 0 Å². The molecule has 0 aliphatic heterocycles. The maximum atomic E-state index is 10.8. The number of hydrogen-bond acceptors (Lipinski definition) is 4. The molecule has 0 radical (unpaired) electrons. The van der Waals surface area contributed by atoms with E-state index in [9.17, 15) is 10.1 Å². The molecule has 100 valence electrons. The largest absolute Gasteiger partial charge is 0.457 e. The summed E-state index contributed by atoms with van der Waals surface area (Å²) < 4.78 is 5.46. The minimum atomic E-state index is -0.592. The van der Waals surface area contributed by atoms with Crippen molar-refractivity contribution < 1.29 is 9.66 Å². The minimum Gasteiger partial charge on any atom is -0.457 e. The van der Waals surface area contributed by atoms with Crippen LogP contribution in [0.25, 0.3) is 10.4 Å². The highest BCUT2D eigenvalue weighted by molar-refractivity contribution is 6.30. The third-order valence-corrected chi connectivity index (χ3v) is 2.55. The number of non-ortho nitro benzene ring substituents is 1. The summed E-state index contributed by atoms with van der Waals surface area (Å²) in [4.78, 5) is 12.8. The standard InChI is InChI=1S/C12H7ClN4O3/c13-8-1-3-11(4-2-8)20-12-6-9(15-16-14)5-10(7-12)17(18)19/h1-7H. The molecule has 0 aromatic heterocycles. The minimum absolute atomic E-state index is 0.102. The molecule has 2 aromatic carbocycles. The van der Waals surface area contributed by atoms with Gasteiger partial charge in [-0.15, -0.1) is 0 Å². The Balaban J connectivity index is 2.37. The summed E-state index contributed by atoms with van der Waals surface area (Å²) in [6, 6.07) is 10.3. The van der Waals surface area contributed by atoms with Crippen LogP contribution in [0.1, 0.15) is 0 Å². The zero-order valence-electron chi connectivity index (χ0n) is 9.93. The summed E-state index contributed by atoms with van der Waals surface area (Å²) in [7, 11) is 0. The average Bonchev–Trinajstić information content (AvgIpc) is 2.41. The number of nitrogens with zero attached hydrogens (tertiary/aromatic N) is 4. The fraction of sp³-hybridized carbons (Fsp3) is 0. The van der Waals surface area contributed by atoms with Gasteiger partial charge in [-0.1, -0.05) is 16.7 Å². The number of halogens is 1. The van der Waals surface area contributed by atoms with E-state index in [1.165, 1.54) is 12.1 Å². The predicted molar refractivity (Wildman–Crippen MR) is 73.4 cm³/mol. The van der Waals surface area contributed by atoms with Crippen LogP contribution in [0.4, 0.5) is 11.4 Å². The normalized spacial score (nSPS) is 9.65. The molecule has 0 aliphatic carbocycles. The van der Waals surface area contributed by atoms with Crippen molar-refractivity contribution in [3.8, 4) is 11.5 Å². The summed E-state index contributed by atoms with van der Waals surface area (Å²) in [5, 5.41) is 14.7. The van der Waals surface area contributed by atoms with E-state index in [1.807, 2.05) is 0 Å². The SMILES string of the molecule is [N-]=[N+]=Nc1cc(Oc2ccc(Cl)cc2)cc([N+](=O)[O-])c1. The fourth-order valence-corrected chi connectivity index (χ4v) is 1.61. The van der Waals surface area contributed by atoms with Gasteiger partial charge in [0.25, 0.3) is 5.69 Å². The molecule has 0 N–H and O–H groups in total. The molecule has 0 fully saturated rings. The van der Waals surface area contributed by atoms with Crippen LogP contribution in [-0.4, -0.2) is 4.92 Å². The molecule has 0 heterocycles. The lowest BCUT2D eigenvalue weighted by atomic mass is 10.2. The Morgan fingerprint density at radius 3 is 2.50 bits per heavy atom. The Bertz CT molecular complexity index is 676. The third-order valence-electron chi connectivity index (χ3n) is 2.30. The van der Waals surface area contributed by atoms with Crippen LogP contribution < -0.4 is 4.74 Å². The topological polar surface area (TPSA) is 101 Å². The van der Waals surface area contributed by atoms with E-state index in [-0.39, 0.29) is 17.1 Å². The van der Waals surface area contributed by atoms with E-state index >= 15 is 0 Å². The highest BCUT2D eigenvalue weighted by Crippen LogP contribution is 2.31. The van der Waals surface area contributed by atoms with Gasteiger partial charge in [0.2, 0.25) is 0 Å².